The highest BCUT2D eigenvalue weighted by molar-refractivity contribution is 5.87. The first-order valence-electron chi connectivity index (χ1n) is 11.4. The highest BCUT2D eigenvalue weighted by atomic mass is 19.3. The summed E-state index contributed by atoms with van der Waals surface area (Å²) < 4.78 is 44.9. The van der Waals surface area contributed by atoms with Crippen LogP contribution in [0.5, 0.6) is 5.75 Å². The van der Waals surface area contributed by atoms with Crippen molar-refractivity contribution in [2.24, 2.45) is 11.8 Å². The fraction of sp³-hybridized carbons (Fsp3) is 0.500. The third-order valence-electron chi connectivity index (χ3n) is 6.33. The van der Waals surface area contributed by atoms with Crippen molar-refractivity contribution in [3.8, 4) is 5.75 Å². The van der Waals surface area contributed by atoms with Crippen LogP contribution in [0, 0.1) is 17.7 Å². The van der Waals surface area contributed by atoms with E-state index in [4.69, 9.17) is 4.74 Å². The zero-order valence-corrected chi connectivity index (χ0v) is 18.1. The maximum Gasteiger partial charge on any atom is 0.314 e. The van der Waals surface area contributed by atoms with Gasteiger partial charge >= 0.3 is 5.97 Å². The van der Waals surface area contributed by atoms with Crippen molar-refractivity contribution in [2.45, 2.75) is 71.1 Å². The average molecular weight is 433 g/mol. The lowest BCUT2D eigenvalue weighted by Gasteiger charge is -2.27. The molecule has 0 radical (unpaired) electrons. The molecule has 0 bridgehead atoms. The molecule has 0 spiro atoms. The number of carbonyl (C=O) groups excluding carboxylic acids is 1. The molecule has 2 nitrogen and oxygen atoms in total. The quantitative estimate of drug-likeness (QED) is 0.226. The Kier molecular flexibility index (Phi) is 8.56. The van der Waals surface area contributed by atoms with Gasteiger partial charge in [0.15, 0.2) is 0 Å². The van der Waals surface area contributed by atoms with E-state index in [9.17, 15) is 18.0 Å². The second kappa shape index (κ2) is 11.4. The van der Waals surface area contributed by atoms with Gasteiger partial charge in [0.05, 0.1) is 5.92 Å². The van der Waals surface area contributed by atoms with Gasteiger partial charge in [0.2, 0.25) is 0 Å². The fourth-order valence-corrected chi connectivity index (χ4v) is 4.50. The Hall–Kier alpha value is -2.30. The predicted molar refractivity (Wildman–Crippen MR) is 119 cm³/mol. The molecule has 0 N–H and O–H groups in total. The minimum Gasteiger partial charge on any atom is -0.426 e. The van der Waals surface area contributed by atoms with Crippen molar-refractivity contribution >= 4 is 22.8 Å². The first-order chi connectivity index (χ1) is 15.0. The number of unbranched alkanes of at least 4 members (excludes halogenated alkanes) is 4. The zero-order valence-electron chi connectivity index (χ0n) is 18.1. The smallest absolute Gasteiger partial charge is 0.314 e. The van der Waals surface area contributed by atoms with Crippen LogP contribution in [0.2, 0.25) is 0 Å². The van der Waals surface area contributed by atoms with Crippen LogP contribution in [0.3, 0.4) is 0 Å². The third kappa shape index (κ3) is 6.59. The number of ether oxygens (including phenoxy) is 1. The standard InChI is InChI=1S/C26H31F3O2/c1-2-3-4-5-6-7-18-8-10-19(11-9-18)26(30)31-22-14-15-23-20(16-22)12-13-21(25(23)29)17-24(27)28/h12-19H,2-11H2,1H3. The second-order valence-electron chi connectivity index (χ2n) is 8.63. The van der Waals surface area contributed by atoms with Gasteiger partial charge in [-0.05, 0) is 55.2 Å². The molecule has 0 saturated heterocycles. The molecule has 2 aromatic carbocycles. The van der Waals surface area contributed by atoms with Gasteiger partial charge in [0.25, 0.3) is 6.08 Å². The van der Waals surface area contributed by atoms with E-state index in [1.54, 1.807) is 12.1 Å². The maximum atomic E-state index is 14.4. The van der Waals surface area contributed by atoms with Crippen LogP contribution in [0.4, 0.5) is 13.2 Å². The Balaban J connectivity index is 1.53. The highest BCUT2D eigenvalue weighted by Crippen LogP contribution is 2.34. The molecule has 0 atom stereocenters. The van der Waals surface area contributed by atoms with E-state index >= 15 is 0 Å². The summed E-state index contributed by atoms with van der Waals surface area (Å²) >= 11 is 0. The van der Waals surface area contributed by atoms with Gasteiger partial charge in [0.1, 0.15) is 11.6 Å². The number of benzene rings is 2. The van der Waals surface area contributed by atoms with Crippen LogP contribution in [0.1, 0.15) is 76.7 Å². The van der Waals surface area contributed by atoms with E-state index in [2.05, 4.69) is 6.92 Å². The average Bonchev–Trinajstić information content (AvgIpc) is 2.76. The second-order valence-corrected chi connectivity index (χ2v) is 8.63. The number of halogens is 3. The molecule has 1 fully saturated rings. The predicted octanol–water partition coefficient (Wildman–Crippen LogP) is 8.29. The Morgan fingerprint density at radius 1 is 1.03 bits per heavy atom. The van der Waals surface area contributed by atoms with E-state index in [0.29, 0.717) is 23.1 Å². The van der Waals surface area contributed by atoms with Gasteiger partial charge in [-0.25, -0.2) is 4.39 Å². The third-order valence-corrected chi connectivity index (χ3v) is 6.33. The summed E-state index contributed by atoms with van der Waals surface area (Å²) in [5.41, 5.74) is -0.167. The molecule has 2 aromatic rings. The van der Waals surface area contributed by atoms with Crippen molar-refractivity contribution in [3.63, 3.8) is 0 Å². The largest absolute Gasteiger partial charge is 0.426 e. The number of esters is 1. The van der Waals surface area contributed by atoms with Gasteiger partial charge in [-0.15, -0.1) is 0 Å². The normalized spacial score (nSPS) is 18.7. The van der Waals surface area contributed by atoms with E-state index in [0.717, 1.165) is 25.7 Å². The summed E-state index contributed by atoms with van der Waals surface area (Å²) in [5.74, 6) is 0.0296. The zero-order chi connectivity index (χ0) is 22.2. The Morgan fingerprint density at radius 3 is 2.48 bits per heavy atom. The molecule has 3 rings (SSSR count). The van der Waals surface area contributed by atoms with E-state index in [1.807, 2.05) is 0 Å². The van der Waals surface area contributed by atoms with Gasteiger partial charge < -0.3 is 4.74 Å². The fourth-order valence-electron chi connectivity index (χ4n) is 4.50. The SMILES string of the molecule is CCCCCCCC1CCC(C(=O)Oc2ccc3c(F)c(C=C(F)F)ccc3c2)CC1. The van der Waals surface area contributed by atoms with E-state index in [1.165, 1.54) is 56.7 Å². The summed E-state index contributed by atoms with van der Waals surface area (Å²) in [6, 6.07) is 7.42. The first kappa shape index (κ1) is 23.4. The molecule has 0 amide bonds. The summed E-state index contributed by atoms with van der Waals surface area (Å²) in [6.07, 6.45) is 10.1. The molecule has 0 heterocycles. The van der Waals surface area contributed by atoms with Gasteiger partial charge in [-0.1, -0.05) is 57.6 Å². The van der Waals surface area contributed by atoms with E-state index < -0.39 is 11.9 Å². The van der Waals surface area contributed by atoms with Crippen molar-refractivity contribution in [1.29, 1.82) is 0 Å². The molecule has 1 aliphatic rings. The lowest BCUT2D eigenvalue weighted by atomic mass is 9.80. The Bertz CT molecular complexity index is 910. The molecule has 168 valence electrons. The maximum absolute atomic E-state index is 14.4. The lowest BCUT2D eigenvalue weighted by molar-refractivity contribution is -0.140. The van der Waals surface area contributed by atoms with Crippen molar-refractivity contribution in [3.05, 3.63) is 47.8 Å². The molecule has 1 saturated carbocycles. The molecule has 0 aliphatic heterocycles. The van der Waals surface area contributed by atoms with Crippen molar-refractivity contribution in [2.75, 3.05) is 0 Å². The minimum absolute atomic E-state index is 0.0937. The Morgan fingerprint density at radius 2 is 1.77 bits per heavy atom. The summed E-state index contributed by atoms with van der Waals surface area (Å²) in [7, 11) is 0. The van der Waals surface area contributed by atoms with Crippen LogP contribution >= 0.6 is 0 Å². The number of hydrogen-bond donors (Lipinski definition) is 0. The van der Waals surface area contributed by atoms with Crippen LogP contribution in [-0.2, 0) is 4.79 Å². The molecule has 1 aliphatic carbocycles. The summed E-state index contributed by atoms with van der Waals surface area (Å²) in [6.45, 7) is 2.22. The van der Waals surface area contributed by atoms with Crippen LogP contribution in [0.25, 0.3) is 16.8 Å². The van der Waals surface area contributed by atoms with Gasteiger partial charge in [-0.2, -0.15) is 8.78 Å². The molecular formula is C26H31F3O2. The molecule has 0 unspecified atom stereocenters. The molecule has 31 heavy (non-hydrogen) atoms. The van der Waals surface area contributed by atoms with Gasteiger partial charge in [-0.3, -0.25) is 4.79 Å². The van der Waals surface area contributed by atoms with E-state index in [-0.39, 0.29) is 22.8 Å². The lowest BCUT2D eigenvalue weighted by Crippen LogP contribution is -2.25. The number of fused-ring (bicyclic) bond motifs is 1. The van der Waals surface area contributed by atoms with Crippen molar-refractivity contribution < 1.29 is 22.7 Å². The topological polar surface area (TPSA) is 26.3 Å². The molecular weight excluding hydrogens is 401 g/mol. The number of carbonyl (C=O) groups is 1. The summed E-state index contributed by atoms with van der Waals surface area (Å²) in [4.78, 5) is 12.6. The molecule has 0 aromatic heterocycles. The Labute approximate surface area is 182 Å². The first-order valence-corrected chi connectivity index (χ1v) is 11.4. The highest BCUT2D eigenvalue weighted by Gasteiger charge is 2.27. The minimum atomic E-state index is -1.95. The summed E-state index contributed by atoms with van der Waals surface area (Å²) in [5, 5.41) is 0.722. The van der Waals surface area contributed by atoms with Crippen LogP contribution < -0.4 is 4.74 Å². The number of hydrogen-bond acceptors (Lipinski definition) is 2. The monoisotopic (exact) mass is 432 g/mol. The van der Waals surface area contributed by atoms with Crippen molar-refractivity contribution in [1.82, 2.24) is 0 Å². The van der Waals surface area contributed by atoms with Gasteiger partial charge in [0, 0.05) is 17.0 Å². The molecule has 5 heteroatoms. The van der Waals surface area contributed by atoms with Crippen LogP contribution in [0.15, 0.2) is 36.4 Å². The van der Waals surface area contributed by atoms with Crippen LogP contribution in [-0.4, -0.2) is 5.97 Å². The number of rotatable bonds is 9.